The van der Waals surface area contributed by atoms with E-state index >= 15 is 0 Å². The normalized spacial score (nSPS) is 10.4. The second kappa shape index (κ2) is 2.44. The fraction of sp³-hybridized carbons (Fsp3) is 0.111. The Bertz CT molecular complexity index is 431. The highest BCUT2D eigenvalue weighted by Gasteiger charge is 1.99. The summed E-state index contributed by atoms with van der Waals surface area (Å²) in [7, 11) is 0. The molecule has 60 valence electrons. The highest BCUT2D eigenvalue weighted by atomic mass is 16.3. The first-order chi connectivity index (χ1) is 5.81. The molecule has 2 aromatic rings. The Morgan fingerprint density at radius 2 is 2.25 bits per heavy atom. The van der Waals surface area contributed by atoms with Gasteiger partial charge in [-0.1, -0.05) is 0 Å². The number of aryl methyl sites for hydroxylation is 1. The monoisotopic (exact) mass is 160 g/mol. The van der Waals surface area contributed by atoms with E-state index in [0.29, 0.717) is 5.69 Å². The summed E-state index contributed by atoms with van der Waals surface area (Å²) in [4.78, 5) is 13.3. The van der Waals surface area contributed by atoms with Gasteiger partial charge in [0.1, 0.15) is 5.69 Å². The molecule has 0 fully saturated rings. The molecule has 0 spiro atoms. The van der Waals surface area contributed by atoms with Gasteiger partial charge in [-0.05, 0) is 35.9 Å². The number of H-pyrrole nitrogens is 1. The quantitative estimate of drug-likeness (QED) is 0.640. The summed E-state index contributed by atoms with van der Waals surface area (Å²) in [6.07, 6.45) is 1.92. The molecule has 0 aliphatic rings. The molecule has 1 aromatic heterocycles. The Labute approximate surface area is 69.4 Å². The molecule has 2 rings (SSSR count). The van der Waals surface area contributed by atoms with Crippen LogP contribution >= 0.6 is 0 Å². The van der Waals surface area contributed by atoms with E-state index in [2.05, 4.69) is 10.2 Å². The molecule has 0 unspecified atom stereocenters. The second-order valence-electron chi connectivity index (χ2n) is 2.79. The molecular weight excluding hydrogens is 152 g/mol. The number of nitrogens with one attached hydrogen (secondary N) is 1. The second-order valence-corrected chi connectivity index (χ2v) is 2.79. The zero-order valence-electron chi connectivity index (χ0n) is 6.66. The fourth-order valence-corrected chi connectivity index (χ4v) is 1.30. The van der Waals surface area contributed by atoms with Crippen molar-refractivity contribution in [2.75, 3.05) is 0 Å². The highest BCUT2D eigenvalue weighted by molar-refractivity contribution is 5.85. The van der Waals surface area contributed by atoms with Crippen LogP contribution in [-0.2, 0) is 0 Å². The molecule has 0 aliphatic carbocycles. The molecule has 0 aliphatic heterocycles. The van der Waals surface area contributed by atoms with Crippen molar-refractivity contribution in [2.24, 2.45) is 5.18 Å². The maximum absolute atomic E-state index is 10.2. The maximum Gasteiger partial charge on any atom is 0.108 e. The van der Waals surface area contributed by atoms with Crippen molar-refractivity contribution in [3.63, 3.8) is 0 Å². The minimum absolute atomic E-state index is 0.477. The predicted molar refractivity (Wildman–Crippen MR) is 48.5 cm³/mol. The standard InChI is InChI=1S/C9H8N2O/c1-6-5-10-9-3-2-7(11-12)4-8(6)9/h2-5,10H,1H3. The first-order valence-corrected chi connectivity index (χ1v) is 3.72. The molecular formula is C9H8N2O. The van der Waals surface area contributed by atoms with Crippen molar-refractivity contribution in [1.29, 1.82) is 0 Å². The predicted octanol–water partition coefficient (Wildman–Crippen LogP) is 2.87. The lowest BCUT2D eigenvalue weighted by Crippen LogP contribution is -1.68. The number of nitroso groups, excluding NO2 is 1. The molecule has 3 nitrogen and oxygen atoms in total. The Hall–Kier alpha value is -1.64. The summed E-state index contributed by atoms with van der Waals surface area (Å²) >= 11 is 0. The summed E-state index contributed by atoms with van der Waals surface area (Å²) < 4.78 is 0. The number of fused-ring (bicyclic) bond motifs is 1. The summed E-state index contributed by atoms with van der Waals surface area (Å²) in [5.74, 6) is 0. The van der Waals surface area contributed by atoms with Crippen LogP contribution < -0.4 is 0 Å². The molecule has 0 bridgehead atoms. The number of benzene rings is 1. The van der Waals surface area contributed by atoms with Gasteiger partial charge in [-0.2, -0.15) is 0 Å². The van der Waals surface area contributed by atoms with Crippen molar-refractivity contribution < 1.29 is 0 Å². The van der Waals surface area contributed by atoms with Crippen LogP contribution in [0.15, 0.2) is 29.6 Å². The summed E-state index contributed by atoms with van der Waals surface area (Å²) in [6.45, 7) is 1.99. The molecule has 0 amide bonds. The highest BCUT2D eigenvalue weighted by Crippen LogP contribution is 2.22. The van der Waals surface area contributed by atoms with E-state index in [4.69, 9.17) is 0 Å². The van der Waals surface area contributed by atoms with Crippen molar-refractivity contribution in [3.05, 3.63) is 34.9 Å². The van der Waals surface area contributed by atoms with Gasteiger partial charge in [0.2, 0.25) is 0 Å². The molecule has 1 aromatic carbocycles. The van der Waals surface area contributed by atoms with Crippen LogP contribution in [0.5, 0.6) is 0 Å². The number of aromatic nitrogens is 1. The molecule has 12 heavy (non-hydrogen) atoms. The lowest BCUT2D eigenvalue weighted by atomic mass is 10.2. The van der Waals surface area contributed by atoms with Crippen LogP contribution in [0.25, 0.3) is 10.9 Å². The lowest BCUT2D eigenvalue weighted by molar-refractivity contribution is 1.43. The van der Waals surface area contributed by atoms with E-state index in [1.54, 1.807) is 12.1 Å². The van der Waals surface area contributed by atoms with Gasteiger partial charge in [0.25, 0.3) is 0 Å². The fourth-order valence-electron chi connectivity index (χ4n) is 1.30. The van der Waals surface area contributed by atoms with Crippen LogP contribution in [0.3, 0.4) is 0 Å². The van der Waals surface area contributed by atoms with E-state index in [1.807, 2.05) is 19.2 Å². The van der Waals surface area contributed by atoms with Crippen LogP contribution in [0.2, 0.25) is 0 Å². The smallest absolute Gasteiger partial charge is 0.108 e. The van der Waals surface area contributed by atoms with Crippen LogP contribution in [0.1, 0.15) is 5.56 Å². The third kappa shape index (κ3) is 0.906. The van der Waals surface area contributed by atoms with E-state index in [0.717, 1.165) is 16.5 Å². The van der Waals surface area contributed by atoms with Gasteiger partial charge in [-0.25, -0.2) is 0 Å². The van der Waals surface area contributed by atoms with Gasteiger partial charge in [-0.3, -0.25) is 0 Å². The SMILES string of the molecule is Cc1c[nH]c2ccc(N=O)cc12. The number of nitrogens with zero attached hydrogens (tertiary/aromatic N) is 1. The molecule has 0 saturated heterocycles. The van der Waals surface area contributed by atoms with Crippen LogP contribution in [0.4, 0.5) is 5.69 Å². The molecule has 1 N–H and O–H groups in total. The maximum atomic E-state index is 10.2. The van der Waals surface area contributed by atoms with Gasteiger partial charge in [-0.15, -0.1) is 4.91 Å². The number of hydrogen-bond donors (Lipinski definition) is 1. The Balaban J connectivity index is 2.79. The van der Waals surface area contributed by atoms with Crippen molar-refractivity contribution in [1.82, 2.24) is 4.98 Å². The average molecular weight is 160 g/mol. The zero-order chi connectivity index (χ0) is 8.55. The lowest BCUT2D eigenvalue weighted by Gasteiger charge is -1.91. The first kappa shape index (κ1) is 7.03. The van der Waals surface area contributed by atoms with E-state index in [9.17, 15) is 4.91 Å². The summed E-state index contributed by atoms with van der Waals surface area (Å²) in [5.41, 5.74) is 2.65. The first-order valence-electron chi connectivity index (χ1n) is 3.72. The van der Waals surface area contributed by atoms with Crippen molar-refractivity contribution >= 4 is 16.6 Å². The Morgan fingerprint density at radius 3 is 3.00 bits per heavy atom. The van der Waals surface area contributed by atoms with Gasteiger partial charge >= 0.3 is 0 Å². The number of aromatic amines is 1. The topological polar surface area (TPSA) is 45.2 Å². The van der Waals surface area contributed by atoms with Crippen LogP contribution in [0, 0.1) is 11.8 Å². The molecule has 0 radical (unpaired) electrons. The minimum atomic E-state index is 0.477. The average Bonchev–Trinajstić information content (AvgIpc) is 2.47. The van der Waals surface area contributed by atoms with Crippen molar-refractivity contribution in [3.8, 4) is 0 Å². The van der Waals surface area contributed by atoms with Gasteiger partial charge in [0, 0.05) is 17.1 Å². The van der Waals surface area contributed by atoms with Gasteiger partial charge < -0.3 is 4.98 Å². The van der Waals surface area contributed by atoms with Gasteiger partial charge in [0.05, 0.1) is 0 Å². The van der Waals surface area contributed by atoms with Gasteiger partial charge in [0.15, 0.2) is 0 Å². The van der Waals surface area contributed by atoms with E-state index in [1.165, 1.54) is 0 Å². The van der Waals surface area contributed by atoms with E-state index < -0.39 is 0 Å². The molecule has 0 atom stereocenters. The largest absolute Gasteiger partial charge is 0.361 e. The summed E-state index contributed by atoms with van der Waals surface area (Å²) in [5, 5.41) is 3.94. The molecule has 1 heterocycles. The third-order valence-electron chi connectivity index (χ3n) is 1.98. The number of hydrogen-bond acceptors (Lipinski definition) is 2. The van der Waals surface area contributed by atoms with E-state index in [-0.39, 0.29) is 0 Å². The third-order valence-corrected chi connectivity index (χ3v) is 1.98. The van der Waals surface area contributed by atoms with Crippen LogP contribution in [-0.4, -0.2) is 4.98 Å². The minimum Gasteiger partial charge on any atom is -0.361 e. The summed E-state index contributed by atoms with van der Waals surface area (Å²) in [6, 6.07) is 5.35. The van der Waals surface area contributed by atoms with Crippen molar-refractivity contribution in [2.45, 2.75) is 6.92 Å². The zero-order valence-corrected chi connectivity index (χ0v) is 6.66. The number of rotatable bonds is 1. The molecule has 3 heteroatoms. The Kier molecular flexibility index (Phi) is 1.43. The Morgan fingerprint density at radius 1 is 1.42 bits per heavy atom. The molecule has 0 saturated carbocycles.